The van der Waals surface area contributed by atoms with Crippen molar-refractivity contribution in [1.82, 2.24) is 5.32 Å². The summed E-state index contributed by atoms with van der Waals surface area (Å²) in [5.41, 5.74) is 9.07. The number of anilines is 2. The molecule has 2 rings (SSSR count). The fourth-order valence-electron chi connectivity index (χ4n) is 2.36. The maximum absolute atomic E-state index is 11.6. The van der Waals surface area contributed by atoms with E-state index in [1.807, 2.05) is 19.1 Å². The van der Waals surface area contributed by atoms with Crippen LogP contribution in [0.1, 0.15) is 18.9 Å². The van der Waals surface area contributed by atoms with Gasteiger partial charge in [-0.15, -0.1) is 0 Å². The summed E-state index contributed by atoms with van der Waals surface area (Å²) in [6.07, 6.45) is 2.13. The van der Waals surface area contributed by atoms with Crippen LogP contribution in [0.15, 0.2) is 18.2 Å². The molecule has 0 bridgehead atoms. The number of para-hydroxylation sites is 1. The first-order valence-corrected chi connectivity index (χ1v) is 6.11. The van der Waals surface area contributed by atoms with Gasteiger partial charge in [0.1, 0.15) is 0 Å². The van der Waals surface area contributed by atoms with Gasteiger partial charge in [0, 0.05) is 13.1 Å². The Balaban J connectivity index is 2.19. The van der Waals surface area contributed by atoms with Gasteiger partial charge in [-0.05, 0) is 31.4 Å². The molecule has 0 spiro atoms. The van der Waals surface area contributed by atoms with Gasteiger partial charge in [0.2, 0.25) is 5.91 Å². The number of aryl methyl sites for hydroxylation is 1. The number of hydrogen-bond donors (Lipinski definition) is 2. The van der Waals surface area contributed by atoms with Gasteiger partial charge in [0.15, 0.2) is 0 Å². The summed E-state index contributed by atoms with van der Waals surface area (Å²) in [4.78, 5) is 13.7. The second kappa shape index (κ2) is 5.08. The molecule has 4 heteroatoms. The van der Waals surface area contributed by atoms with Crippen LogP contribution >= 0.6 is 0 Å². The topological polar surface area (TPSA) is 58.4 Å². The molecule has 1 amide bonds. The van der Waals surface area contributed by atoms with Crippen LogP contribution in [0.25, 0.3) is 0 Å². The summed E-state index contributed by atoms with van der Waals surface area (Å²) in [6.45, 7) is 3.90. The zero-order valence-corrected chi connectivity index (χ0v) is 10.2. The first-order valence-electron chi connectivity index (χ1n) is 6.11. The average molecular weight is 233 g/mol. The largest absolute Gasteiger partial charge is 0.397 e. The Morgan fingerprint density at radius 1 is 1.53 bits per heavy atom. The standard InChI is InChI=1S/C13H19N3O/c1-2-15-12(17)9-16-8-4-6-10-5-3-7-11(14)13(10)16/h3,5,7H,2,4,6,8-9,14H2,1H3,(H,15,17). The Bertz CT molecular complexity index is 417. The van der Waals surface area contributed by atoms with E-state index in [4.69, 9.17) is 5.73 Å². The fraction of sp³-hybridized carbons (Fsp3) is 0.462. The quantitative estimate of drug-likeness (QED) is 0.770. The van der Waals surface area contributed by atoms with Crippen molar-refractivity contribution >= 4 is 17.3 Å². The zero-order valence-electron chi connectivity index (χ0n) is 10.2. The second-order valence-corrected chi connectivity index (χ2v) is 4.33. The molecule has 1 aliphatic rings. The van der Waals surface area contributed by atoms with Crippen LogP contribution in [-0.2, 0) is 11.2 Å². The number of hydrogen-bond acceptors (Lipinski definition) is 3. The molecule has 0 aliphatic carbocycles. The molecule has 3 N–H and O–H groups in total. The van der Waals surface area contributed by atoms with Crippen molar-refractivity contribution in [3.8, 4) is 0 Å². The van der Waals surface area contributed by atoms with E-state index in [9.17, 15) is 4.79 Å². The number of benzene rings is 1. The summed E-state index contributed by atoms with van der Waals surface area (Å²) in [5, 5.41) is 2.82. The van der Waals surface area contributed by atoms with Crippen molar-refractivity contribution < 1.29 is 4.79 Å². The number of amides is 1. The van der Waals surface area contributed by atoms with E-state index in [0.717, 1.165) is 30.8 Å². The summed E-state index contributed by atoms with van der Waals surface area (Å²) >= 11 is 0. The van der Waals surface area contributed by atoms with Crippen LogP contribution in [0.5, 0.6) is 0 Å². The van der Waals surface area contributed by atoms with Crippen molar-refractivity contribution in [2.45, 2.75) is 19.8 Å². The molecular weight excluding hydrogens is 214 g/mol. The number of likely N-dealkylation sites (N-methyl/N-ethyl adjacent to an activating group) is 1. The Morgan fingerprint density at radius 3 is 3.12 bits per heavy atom. The van der Waals surface area contributed by atoms with Crippen molar-refractivity contribution in [3.63, 3.8) is 0 Å². The van der Waals surface area contributed by atoms with E-state index < -0.39 is 0 Å². The molecular formula is C13H19N3O. The van der Waals surface area contributed by atoms with Crippen molar-refractivity contribution in [2.75, 3.05) is 30.3 Å². The van der Waals surface area contributed by atoms with Gasteiger partial charge >= 0.3 is 0 Å². The fourth-order valence-corrected chi connectivity index (χ4v) is 2.36. The van der Waals surface area contributed by atoms with Gasteiger partial charge in [-0.1, -0.05) is 12.1 Å². The summed E-state index contributed by atoms with van der Waals surface area (Å²) < 4.78 is 0. The van der Waals surface area contributed by atoms with E-state index in [1.165, 1.54) is 5.56 Å². The minimum Gasteiger partial charge on any atom is -0.397 e. The monoisotopic (exact) mass is 233 g/mol. The number of fused-ring (bicyclic) bond motifs is 1. The number of rotatable bonds is 3. The molecule has 0 atom stereocenters. The maximum atomic E-state index is 11.6. The van der Waals surface area contributed by atoms with Gasteiger partial charge in [-0.2, -0.15) is 0 Å². The SMILES string of the molecule is CCNC(=O)CN1CCCc2cccc(N)c21. The number of nitrogens with one attached hydrogen (secondary N) is 1. The summed E-state index contributed by atoms with van der Waals surface area (Å²) in [6, 6.07) is 5.97. The Morgan fingerprint density at radius 2 is 2.35 bits per heavy atom. The van der Waals surface area contributed by atoms with Crippen LogP contribution in [0.2, 0.25) is 0 Å². The Kier molecular flexibility index (Phi) is 3.52. The van der Waals surface area contributed by atoms with E-state index in [0.29, 0.717) is 13.1 Å². The van der Waals surface area contributed by atoms with Gasteiger partial charge in [0.25, 0.3) is 0 Å². The first-order chi connectivity index (χ1) is 8.22. The minimum absolute atomic E-state index is 0.0589. The zero-order chi connectivity index (χ0) is 12.3. The van der Waals surface area contributed by atoms with E-state index in [2.05, 4.69) is 16.3 Å². The third kappa shape index (κ3) is 2.52. The molecule has 0 unspecified atom stereocenters. The van der Waals surface area contributed by atoms with Crippen molar-refractivity contribution in [1.29, 1.82) is 0 Å². The van der Waals surface area contributed by atoms with E-state index >= 15 is 0 Å². The van der Waals surface area contributed by atoms with Crippen molar-refractivity contribution in [2.24, 2.45) is 0 Å². The summed E-state index contributed by atoms with van der Waals surface area (Å²) in [7, 11) is 0. The maximum Gasteiger partial charge on any atom is 0.239 e. The van der Waals surface area contributed by atoms with Crippen LogP contribution in [-0.4, -0.2) is 25.5 Å². The highest BCUT2D eigenvalue weighted by atomic mass is 16.2. The van der Waals surface area contributed by atoms with Gasteiger partial charge in [-0.25, -0.2) is 0 Å². The number of carbonyl (C=O) groups is 1. The molecule has 1 heterocycles. The van der Waals surface area contributed by atoms with E-state index in [-0.39, 0.29) is 5.91 Å². The molecule has 17 heavy (non-hydrogen) atoms. The highest BCUT2D eigenvalue weighted by molar-refractivity contribution is 5.84. The molecule has 1 aliphatic heterocycles. The lowest BCUT2D eigenvalue weighted by atomic mass is 10.0. The molecule has 0 saturated heterocycles. The predicted octanol–water partition coefficient (Wildman–Crippen LogP) is 1.16. The predicted molar refractivity (Wildman–Crippen MR) is 70.1 cm³/mol. The molecule has 1 aromatic carbocycles. The molecule has 4 nitrogen and oxygen atoms in total. The molecule has 1 aromatic rings. The first kappa shape index (κ1) is 11.8. The third-order valence-corrected chi connectivity index (χ3v) is 3.05. The lowest BCUT2D eigenvalue weighted by Gasteiger charge is -2.31. The minimum atomic E-state index is 0.0589. The van der Waals surface area contributed by atoms with Crippen LogP contribution < -0.4 is 16.0 Å². The molecule has 0 fully saturated rings. The Hall–Kier alpha value is -1.71. The van der Waals surface area contributed by atoms with Crippen LogP contribution in [0.4, 0.5) is 11.4 Å². The molecule has 0 saturated carbocycles. The highest BCUT2D eigenvalue weighted by Crippen LogP contribution is 2.32. The highest BCUT2D eigenvalue weighted by Gasteiger charge is 2.20. The number of nitrogens with zero attached hydrogens (tertiary/aromatic N) is 1. The number of nitrogens with two attached hydrogens (primary N) is 1. The lowest BCUT2D eigenvalue weighted by molar-refractivity contribution is -0.119. The smallest absolute Gasteiger partial charge is 0.239 e. The van der Waals surface area contributed by atoms with Crippen molar-refractivity contribution in [3.05, 3.63) is 23.8 Å². The second-order valence-electron chi connectivity index (χ2n) is 4.33. The summed E-state index contributed by atoms with van der Waals surface area (Å²) in [5.74, 6) is 0.0589. The third-order valence-electron chi connectivity index (χ3n) is 3.05. The van der Waals surface area contributed by atoms with Crippen LogP contribution in [0, 0.1) is 0 Å². The van der Waals surface area contributed by atoms with E-state index in [1.54, 1.807) is 0 Å². The molecule has 0 radical (unpaired) electrons. The Labute approximate surface area is 102 Å². The molecule has 92 valence electrons. The van der Waals surface area contributed by atoms with Gasteiger partial charge in [-0.3, -0.25) is 4.79 Å². The van der Waals surface area contributed by atoms with Gasteiger partial charge in [0.05, 0.1) is 17.9 Å². The van der Waals surface area contributed by atoms with Gasteiger partial charge < -0.3 is 16.0 Å². The van der Waals surface area contributed by atoms with Crippen LogP contribution in [0.3, 0.4) is 0 Å². The molecule has 0 aromatic heterocycles. The number of nitrogen functional groups attached to an aromatic ring is 1. The lowest BCUT2D eigenvalue weighted by Crippen LogP contribution is -2.40. The average Bonchev–Trinajstić information content (AvgIpc) is 2.29. The normalized spacial score (nSPS) is 14.3. The number of carbonyl (C=O) groups excluding carboxylic acids is 1.